The van der Waals surface area contributed by atoms with Gasteiger partial charge in [-0.15, -0.1) is 12.4 Å². The molecule has 2 aromatic carbocycles. The summed E-state index contributed by atoms with van der Waals surface area (Å²) in [6.45, 7) is 7.36. The van der Waals surface area contributed by atoms with E-state index < -0.39 is 4.92 Å². The van der Waals surface area contributed by atoms with Crippen LogP contribution in [0.2, 0.25) is 5.02 Å². The molecule has 0 aliphatic carbocycles. The number of anilines is 4. The van der Waals surface area contributed by atoms with Crippen molar-refractivity contribution in [3.63, 3.8) is 0 Å². The van der Waals surface area contributed by atoms with Crippen molar-refractivity contribution in [2.75, 3.05) is 28.7 Å². The average Bonchev–Trinajstić information content (AvgIpc) is 2.78. The third-order valence-electron chi connectivity index (χ3n) is 4.64. The highest BCUT2D eigenvalue weighted by Crippen LogP contribution is 2.25. The summed E-state index contributed by atoms with van der Waals surface area (Å²) < 4.78 is 0.394. The molecule has 0 radical (unpaired) electrons. The van der Waals surface area contributed by atoms with E-state index in [1.165, 1.54) is 12.3 Å². The standard InChI is InChI=1S/C21H22BrClN8O2.ClH/c1-4-30(5-2)21-27-19(25-15-8-6-13(3)17(23)11-15)26-20(28-21)29-24-12-14-7-9-16(22)18(10-14)31(32)33;/h6-12H,4-5H2,1-3H3,(H2,25,26,27,28,29);1H. The molecular weight excluding hydrogens is 547 g/mol. The minimum Gasteiger partial charge on any atom is -0.341 e. The highest BCUT2D eigenvalue weighted by molar-refractivity contribution is 9.10. The summed E-state index contributed by atoms with van der Waals surface area (Å²) in [5, 5.41) is 19.0. The van der Waals surface area contributed by atoms with Gasteiger partial charge in [0.05, 0.1) is 15.6 Å². The quantitative estimate of drug-likeness (QED) is 0.184. The number of halogens is 3. The van der Waals surface area contributed by atoms with E-state index in [0.29, 0.717) is 40.0 Å². The molecule has 0 unspecified atom stereocenters. The fourth-order valence-corrected chi connectivity index (χ4v) is 3.40. The molecule has 13 heteroatoms. The summed E-state index contributed by atoms with van der Waals surface area (Å²) in [5.74, 6) is 1.02. The van der Waals surface area contributed by atoms with Gasteiger partial charge in [-0.25, -0.2) is 5.43 Å². The Hall–Kier alpha value is -3.02. The van der Waals surface area contributed by atoms with E-state index in [4.69, 9.17) is 11.6 Å². The molecule has 2 N–H and O–H groups in total. The van der Waals surface area contributed by atoms with Crippen molar-refractivity contribution in [2.24, 2.45) is 5.10 Å². The van der Waals surface area contributed by atoms with Crippen LogP contribution in [0.4, 0.5) is 29.2 Å². The largest absolute Gasteiger partial charge is 0.341 e. The molecule has 0 fully saturated rings. The van der Waals surface area contributed by atoms with Crippen LogP contribution in [-0.4, -0.2) is 39.2 Å². The van der Waals surface area contributed by atoms with Crippen LogP contribution in [0.25, 0.3) is 0 Å². The zero-order valence-electron chi connectivity index (χ0n) is 18.6. The molecule has 10 nitrogen and oxygen atoms in total. The van der Waals surface area contributed by atoms with Crippen LogP contribution in [0.1, 0.15) is 25.0 Å². The summed E-state index contributed by atoms with van der Waals surface area (Å²) >= 11 is 9.39. The number of rotatable bonds is 9. The van der Waals surface area contributed by atoms with Crippen molar-refractivity contribution in [1.82, 2.24) is 15.0 Å². The number of nitrogens with one attached hydrogen (secondary N) is 2. The summed E-state index contributed by atoms with van der Waals surface area (Å²) in [5.41, 5.74) is 4.97. The third-order valence-corrected chi connectivity index (χ3v) is 5.72. The SMILES string of the molecule is CCN(CC)c1nc(NN=Cc2ccc(Br)c([N+](=O)[O-])c2)nc(Nc2ccc(C)c(Cl)c2)n1.Cl. The molecule has 1 heterocycles. The maximum absolute atomic E-state index is 11.1. The first-order valence-corrected chi connectivity index (χ1v) is 11.2. The first-order valence-electron chi connectivity index (χ1n) is 10.1. The number of hydrogen-bond acceptors (Lipinski definition) is 9. The number of nitrogens with zero attached hydrogens (tertiary/aromatic N) is 6. The van der Waals surface area contributed by atoms with E-state index in [1.54, 1.807) is 18.2 Å². The Morgan fingerprint density at radius 3 is 2.50 bits per heavy atom. The molecule has 0 spiro atoms. The van der Waals surface area contributed by atoms with E-state index in [-0.39, 0.29) is 24.0 Å². The highest BCUT2D eigenvalue weighted by atomic mass is 79.9. The Morgan fingerprint density at radius 1 is 1.15 bits per heavy atom. The van der Waals surface area contributed by atoms with Gasteiger partial charge in [0.1, 0.15) is 0 Å². The Kier molecular flexibility index (Phi) is 9.97. The number of aryl methyl sites for hydroxylation is 1. The molecule has 34 heavy (non-hydrogen) atoms. The molecule has 0 bridgehead atoms. The van der Waals surface area contributed by atoms with Gasteiger partial charge in [-0.2, -0.15) is 20.1 Å². The van der Waals surface area contributed by atoms with Gasteiger partial charge in [0, 0.05) is 35.4 Å². The lowest BCUT2D eigenvalue weighted by Crippen LogP contribution is -2.25. The smallest absolute Gasteiger partial charge is 0.284 e. The zero-order valence-corrected chi connectivity index (χ0v) is 21.8. The van der Waals surface area contributed by atoms with Crippen molar-refractivity contribution in [2.45, 2.75) is 20.8 Å². The second-order valence-electron chi connectivity index (χ2n) is 6.88. The number of benzene rings is 2. The van der Waals surface area contributed by atoms with Crippen LogP contribution < -0.4 is 15.6 Å². The monoisotopic (exact) mass is 568 g/mol. The minimum absolute atomic E-state index is 0. The van der Waals surface area contributed by atoms with Gasteiger partial charge in [0.15, 0.2) is 0 Å². The Labute approximate surface area is 216 Å². The van der Waals surface area contributed by atoms with E-state index in [2.05, 4.69) is 46.7 Å². The summed E-state index contributed by atoms with van der Waals surface area (Å²) in [4.78, 5) is 26.0. The van der Waals surface area contributed by atoms with Gasteiger partial charge in [-0.1, -0.05) is 23.7 Å². The van der Waals surface area contributed by atoms with Gasteiger partial charge < -0.3 is 10.2 Å². The molecule has 180 valence electrons. The molecule has 0 atom stereocenters. The van der Waals surface area contributed by atoms with Gasteiger partial charge in [-0.05, 0) is 60.5 Å². The molecule has 0 amide bonds. The van der Waals surface area contributed by atoms with Crippen LogP contribution in [0.3, 0.4) is 0 Å². The molecule has 0 aliphatic rings. The van der Waals surface area contributed by atoms with E-state index in [9.17, 15) is 10.1 Å². The maximum atomic E-state index is 11.1. The fraction of sp³-hybridized carbons (Fsp3) is 0.238. The van der Waals surface area contributed by atoms with Gasteiger partial charge in [0.25, 0.3) is 5.69 Å². The lowest BCUT2D eigenvalue weighted by molar-refractivity contribution is -0.385. The van der Waals surface area contributed by atoms with Crippen LogP contribution in [0.15, 0.2) is 46.0 Å². The predicted molar refractivity (Wildman–Crippen MR) is 142 cm³/mol. The second kappa shape index (κ2) is 12.4. The molecule has 3 aromatic rings. The van der Waals surface area contributed by atoms with Crippen molar-refractivity contribution in [3.8, 4) is 0 Å². The Morgan fingerprint density at radius 2 is 1.85 bits per heavy atom. The fourth-order valence-electron chi connectivity index (χ4n) is 2.83. The van der Waals surface area contributed by atoms with Crippen LogP contribution in [-0.2, 0) is 0 Å². The highest BCUT2D eigenvalue weighted by Gasteiger charge is 2.13. The molecule has 3 rings (SSSR count). The Balaban J connectivity index is 0.00000408. The predicted octanol–water partition coefficient (Wildman–Crippen LogP) is 5.96. The first-order chi connectivity index (χ1) is 15.8. The van der Waals surface area contributed by atoms with E-state index >= 15 is 0 Å². The molecule has 0 saturated heterocycles. The lowest BCUT2D eigenvalue weighted by Gasteiger charge is -2.19. The summed E-state index contributed by atoms with van der Waals surface area (Å²) in [7, 11) is 0. The van der Waals surface area contributed by atoms with Gasteiger partial charge in [-0.3, -0.25) is 10.1 Å². The number of hydrogen-bond donors (Lipinski definition) is 2. The zero-order chi connectivity index (χ0) is 24.0. The number of nitro benzene ring substituents is 1. The Bertz CT molecular complexity index is 1190. The lowest BCUT2D eigenvalue weighted by atomic mass is 10.2. The third kappa shape index (κ3) is 6.99. The van der Waals surface area contributed by atoms with Crippen LogP contribution >= 0.6 is 39.9 Å². The number of hydrazone groups is 1. The van der Waals surface area contributed by atoms with Crippen molar-refractivity contribution in [1.29, 1.82) is 0 Å². The number of nitro groups is 1. The second-order valence-corrected chi connectivity index (χ2v) is 8.14. The van der Waals surface area contributed by atoms with Crippen molar-refractivity contribution in [3.05, 3.63) is 67.1 Å². The average molecular weight is 570 g/mol. The number of aromatic nitrogens is 3. The van der Waals surface area contributed by atoms with E-state index in [1.807, 2.05) is 37.8 Å². The molecular formula is C21H23BrCl2N8O2. The van der Waals surface area contributed by atoms with Gasteiger partial charge in [0.2, 0.25) is 17.8 Å². The van der Waals surface area contributed by atoms with Crippen molar-refractivity contribution < 1.29 is 4.92 Å². The molecule has 1 aromatic heterocycles. The normalized spacial score (nSPS) is 10.6. The minimum atomic E-state index is -0.466. The summed E-state index contributed by atoms with van der Waals surface area (Å²) in [6, 6.07) is 10.3. The maximum Gasteiger partial charge on any atom is 0.284 e. The first kappa shape index (κ1) is 27.2. The summed E-state index contributed by atoms with van der Waals surface area (Å²) in [6.07, 6.45) is 1.45. The van der Waals surface area contributed by atoms with E-state index in [0.717, 1.165) is 11.3 Å². The molecule has 0 saturated carbocycles. The molecule has 0 aliphatic heterocycles. The van der Waals surface area contributed by atoms with Gasteiger partial charge >= 0.3 is 0 Å². The topological polar surface area (TPSA) is 121 Å². The van der Waals surface area contributed by atoms with Crippen LogP contribution in [0, 0.1) is 17.0 Å². The van der Waals surface area contributed by atoms with Crippen molar-refractivity contribution >= 4 is 75.4 Å². The van der Waals surface area contributed by atoms with Crippen LogP contribution in [0.5, 0.6) is 0 Å².